The molecule has 94 valence electrons. The lowest BCUT2D eigenvalue weighted by molar-refractivity contribution is -0.164. The van der Waals surface area contributed by atoms with E-state index in [4.69, 9.17) is 5.73 Å². The molecule has 0 saturated heterocycles. The predicted octanol–water partition coefficient (Wildman–Crippen LogP) is 1.40. The molecule has 4 nitrogen and oxygen atoms in total. The molecule has 0 saturated carbocycles. The molecule has 1 aromatic rings. The molecule has 0 unspecified atom stereocenters. The summed E-state index contributed by atoms with van der Waals surface area (Å²) in [4.78, 5) is 23.4. The molecule has 0 spiro atoms. The zero-order valence-electron chi connectivity index (χ0n) is 7.94. The van der Waals surface area contributed by atoms with Crippen LogP contribution in [-0.4, -0.2) is 16.3 Å². The molecule has 0 radical (unpaired) electrons. The van der Waals surface area contributed by atoms with E-state index in [1.165, 1.54) is 0 Å². The largest absolute Gasteiger partial charge is 0.388 e. The summed E-state index contributed by atoms with van der Waals surface area (Å²) in [5.74, 6) is -6.06. The number of hydrogen-bond donors (Lipinski definition) is 2. The normalized spacial score (nSPS) is 12.5. The van der Waals surface area contributed by atoms with Gasteiger partial charge in [0.2, 0.25) is 0 Å². The molecule has 0 aliphatic heterocycles. The van der Waals surface area contributed by atoms with Gasteiger partial charge < -0.3 is 10.7 Å². The van der Waals surface area contributed by atoms with E-state index < -0.39 is 33.9 Å². The molecule has 0 bridgehead atoms. The number of rotatable bonds is 3. The van der Waals surface area contributed by atoms with Crippen molar-refractivity contribution in [2.75, 3.05) is 0 Å². The lowest BCUT2D eigenvalue weighted by Gasteiger charge is -2.21. The number of alkyl halides is 5. The Kier molecular flexibility index (Phi) is 3.19. The summed E-state index contributed by atoms with van der Waals surface area (Å²) < 4.78 is 51.0. The third kappa shape index (κ3) is 2.41. The highest BCUT2D eigenvalue weighted by Crippen LogP contribution is 2.45. The second-order valence-electron chi connectivity index (χ2n) is 3.07. The Balaban J connectivity index is 3.40. The molecule has 1 rings (SSSR count). The summed E-state index contributed by atoms with van der Waals surface area (Å²) in [6.07, 6.45) is 0.338. The Bertz CT molecular complexity index is 509. The van der Waals surface area contributed by atoms with Crippen molar-refractivity contribution >= 4 is 17.5 Å². The molecule has 3 N–H and O–H groups in total. The van der Waals surface area contributed by atoms with Crippen LogP contribution < -0.4 is 11.3 Å². The van der Waals surface area contributed by atoms with Gasteiger partial charge in [-0.25, -0.2) is 0 Å². The fourth-order valence-electron chi connectivity index (χ4n) is 1.01. The van der Waals surface area contributed by atoms with Gasteiger partial charge in [0.25, 0.3) is 11.5 Å². The minimum atomic E-state index is -4.86. The van der Waals surface area contributed by atoms with Crippen LogP contribution in [0.1, 0.15) is 15.9 Å². The van der Waals surface area contributed by atoms with Gasteiger partial charge in [-0.05, 0) is 17.7 Å². The van der Waals surface area contributed by atoms with Crippen molar-refractivity contribution in [1.29, 1.82) is 0 Å². The minimum absolute atomic E-state index is 0.275. The highest BCUT2D eigenvalue weighted by atomic mass is 35.5. The van der Waals surface area contributed by atoms with E-state index in [9.17, 15) is 27.2 Å². The first kappa shape index (κ1) is 13.5. The van der Waals surface area contributed by atoms with Crippen LogP contribution in [0, 0.1) is 0 Å². The van der Waals surface area contributed by atoms with Crippen LogP contribution in [-0.2, 0) is 5.92 Å². The van der Waals surface area contributed by atoms with Gasteiger partial charge in [0.1, 0.15) is 5.56 Å². The number of primary amides is 1. The van der Waals surface area contributed by atoms with Crippen molar-refractivity contribution in [1.82, 2.24) is 4.98 Å². The molecule has 9 heteroatoms. The van der Waals surface area contributed by atoms with E-state index in [2.05, 4.69) is 11.6 Å². The summed E-state index contributed by atoms with van der Waals surface area (Å²) in [6.45, 7) is 0. The summed E-state index contributed by atoms with van der Waals surface area (Å²) in [6, 6.07) is 0.275. The molecule has 0 aliphatic carbocycles. The second kappa shape index (κ2) is 4.02. The molecule has 17 heavy (non-hydrogen) atoms. The maximum absolute atomic E-state index is 13.1. The van der Waals surface area contributed by atoms with Crippen molar-refractivity contribution in [3.05, 3.63) is 33.7 Å². The third-order valence-corrected chi connectivity index (χ3v) is 2.12. The summed E-state index contributed by atoms with van der Waals surface area (Å²) in [5, 5.41) is -4.86. The van der Waals surface area contributed by atoms with Crippen molar-refractivity contribution in [2.45, 2.75) is 11.3 Å². The number of amides is 1. The van der Waals surface area contributed by atoms with Crippen molar-refractivity contribution in [3.63, 3.8) is 0 Å². The van der Waals surface area contributed by atoms with Crippen molar-refractivity contribution in [3.8, 4) is 0 Å². The van der Waals surface area contributed by atoms with Gasteiger partial charge in [-0.2, -0.15) is 17.6 Å². The zero-order valence-corrected chi connectivity index (χ0v) is 8.69. The first-order chi connectivity index (χ1) is 7.57. The maximum Gasteiger partial charge on any atom is 0.388 e. The number of pyridine rings is 1. The summed E-state index contributed by atoms with van der Waals surface area (Å²) in [7, 11) is 0. The lowest BCUT2D eigenvalue weighted by atomic mass is 10.1. The van der Waals surface area contributed by atoms with E-state index >= 15 is 0 Å². The van der Waals surface area contributed by atoms with E-state index in [0.717, 1.165) is 0 Å². The van der Waals surface area contributed by atoms with Crippen LogP contribution in [0.5, 0.6) is 0 Å². The summed E-state index contributed by atoms with van der Waals surface area (Å²) in [5.41, 5.74) is 1.48. The lowest BCUT2D eigenvalue weighted by Crippen LogP contribution is -2.34. The SMILES string of the molecule is NC(=O)c1cc(C(F)(F)C(F)(F)Cl)c[nH]c1=O. The maximum atomic E-state index is 13.1. The standard InChI is InChI=1S/C8H5ClF4N2O2/c9-8(12,13)7(10,11)3-1-4(5(14)16)6(17)15-2-3/h1-2H,(H2,14,16)(H,15,17). The number of aromatic nitrogens is 1. The Morgan fingerprint density at radius 3 is 2.29 bits per heavy atom. The number of carbonyl (C=O) groups excluding carboxylic acids is 1. The molecular formula is C8H5ClF4N2O2. The molecular weight excluding hydrogens is 268 g/mol. The van der Waals surface area contributed by atoms with Gasteiger partial charge in [0.15, 0.2) is 0 Å². The Morgan fingerprint density at radius 1 is 1.35 bits per heavy atom. The van der Waals surface area contributed by atoms with Crippen LogP contribution >= 0.6 is 11.6 Å². The smallest absolute Gasteiger partial charge is 0.365 e. The van der Waals surface area contributed by atoms with E-state index in [1.54, 1.807) is 4.98 Å². The van der Waals surface area contributed by atoms with Crippen LogP contribution in [0.2, 0.25) is 0 Å². The van der Waals surface area contributed by atoms with Gasteiger partial charge in [-0.15, -0.1) is 0 Å². The number of carbonyl (C=O) groups is 1. The van der Waals surface area contributed by atoms with E-state index in [0.29, 0.717) is 6.20 Å². The summed E-state index contributed by atoms with van der Waals surface area (Å²) >= 11 is 4.24. The van der Waals surface area contributed by atoms with Crippen molar-refractivity contribution < 1.29 is 22.4 Å². The Morgan fingerprint density at radius 2 is 1.88 bits per heavy atom. The molecule has 0 aromatic carbocycles. The van der Waals surface area contributed by atoms with Gasteiger partial charge in [-0.1, -0.05) is 0 Å². The van der Waals surface area contributed by atoms with E-state index in [-0.39, 0.29) is 6.07 Å². The Labute approximate surface area is 96.4 Å². The quantitative estimate of drug-likeness (QED) is 0.644. The fraction of sp³-hybridized carbons (Fsp3) is 0.250. The van der Waals surface area contributed by atoms with Crippen LogP contribution in [0.15, 0.2) is 17.1 Å². The monoisotopic (exact) mass is 272 g/mol. The molecule has 0 aliphatic rings. The first-order valence-electron chi connectivity index (χ1n) is 4.05. The zero-order chi connectivity index (χ0) is 13.4. The van der Waals surface area contributed by atoms with Crippen molar-refractivity contribution in [2.24, 2.45) is 5.73 Å². The number of nitrogens with one attached hydrogen (secondary N) is 1. The van der Waals surface area contributed by atoms with Crippen LogP contribution in [0.4, 0.5) is 17.6 Å². The van der Waals surface area contributed by atoms with Crippen LogP contribution in [0.3, 0.4) is 0 Å². The molecule has 1 aromatic heterocycles. The van der Waals surface area contributed by atoms with Gasteiger partial charge in [0, 0.05) is 11.8 Å². The number of halogens is 5. The topological polar surface area (TPSA) is 76.0 Å². The average molecular weight is 273 g/mol. The van der Waals surface area contributed by atoms with Gasteiger partial charge in [-0.3, -0.25) is 9.59 Å². The Hall–Kier alpha value is -1.57. The number of H-pyrrole nitrogens is 1. The highest BCUT2D eigenvalue weighted by molar-refractivity contribution is 6.22. The van der Waals surface area contributed by atoms with Crippen LogP contribution in [0.25, 0.3) is 0 Å². The number of aromatic amines is 1. The fourth-order valence-corrected chi connectivity index (χ4v) is 1.12. The number of hydrogen-bond acceptors (Lipinski definition) is 2. The highest BCUT2D eigenvalue weighted by Gasteiger charge is 2.56. The molecule has 0 fully saturated rings. The second-order valence-corrected chi connectivity index (χ2v) is 3.54. The predicted molar refractivity (Wildman–Crippen MR) is 50.3 cm³/mol. The van der Waals surface area contributed by atoms with Gasteiger partial charge >= 0.3 is 11.3 Å². The first-order valence-corrected chi connectivity index (χ1v) is 4.42. The third-order valence-electron chi connectivity index (χ3n) is 1.89. The van der Waals surface area contributed by atoms with Gasteiger partial charge in [0.05, 0.1) is 0 Å². The average Bonchev–Trinajstić information content (AvgIpc) is 2.15. The molecule has 0 atom stereocenters. The van der Waals surface area contributed by atoms with E-state index in [1.807, 2.05) is 0 Å². The minimum Gasteiger partial charge on any atom is -0.365 e. The number of nitrogens with two attached hydrogens (primary N) is 1. The molecule has 1 heterocycles. The molecule has 1 amide bonds.